The van der Waals surface area contributed by atoms with E-state index in [0.717, 1.165) is 5.56 Å². The van der Waals surface area contributed by atoms with Crippen molar-refractivity contribution in [1.82, 2.24) is 10.2 Å². The van der Waals surface area contributed by atoms with Crippen molar-refractivity contribution >= 4 is 27.4 Å². The van der Waals surface area contributed by atoms with Crippen LogP contribution in [0, 0.1) is 0 Å². The predicted octanol–water partition coefficient (Wildman–Crippen LogP) is 0.898. The molecule has 2 aromatic rings. The van der Waals surface area contributed by atoms with Crippen molar-refractivity contribution in [2.24, 2.45) is 0 Å². The molecule has 0 radical (unpaired) electrons. The topological polar surface area (TPSA) is 110 Å². The Morgan fingerprint density at radius 2 is 1.67 bits per heavy atom. The number of amides is 2. The van der Waals surface area contributed by atoms with Crippen molar-refractivity contribution in [2.45, 2.75) is 36.8 Å². The number of nitrogens with zero attached hydrogens (tertiary/aromatic N) is 1. The third kappa shape index (κ3) is 5.66. The Labute approximate surface area is 192 Å². The second-order valence-corrected chi connectivity index (χ2v) is 10.5. The Morgan fingerprint density at radius 1 is 1.03 bits per heavy atom. The molecule has 2 aliphatic heterocycles. The molecular weight excluding hydrogens is 444 g/mol. The number of nitrogens with one attached hydrogen (secondary N) is 1. The second kappa shape index (κ2) is 9.84. The summed E-state index contributed by atoms with van der Waals surface area (Å²) in [7, 11) is -3.74. The third-order valence-electron chi connectivity index (χ3n) is 5.89. The first kappa shape index (κ1) is 23.1. The summed E-state index contributed by atoms with van der Waals surface area (Å²) in [6, 6.07) is 15.6. The van der Waals surface area contributed by atoms with Gasteiger partial charge in [-0.15, -0.1) is 0 Å². The molecule has 2 heterocycles. The van der Waals surface area contributed by atoms with Gasteiger partial charge in [-0.1, -0.05) is 60.7 Å². The van der Waals surface area contributed by atoms with Crippen molar-refractivity contribution in [2.75, 3.05) is 18.9 Å². The van der Waals surface area contributed by atoms with E-state index in [-0.39, 0.29) is 37.2 Å². The van der Waals surface area contributed by atoms with Gasteiger partial charge in [0.2, 0.25) is 11.8 Å². The summed E-state index contributed by atoms with van der Waals surface area (Å²) in [4.78, 5) is 39.7. The lowest BCUT2D eigenvalue weighted by molar-refractivity contribution is -0.139. The summed E-state index contributed by atoms with van der Waals surface area (Å²) in [5, 5.41) is 2.62. The highest BCUT2D eigenvalue weighted by atomic mass is 32.2. The Balaban J connectivity index is 1.52. The van der Waals surface area contributed by atoms with Crippen molar-refractivity contribution < 1.29 is 27.5 Å². The van der Waals surface area contributed by atoms with Crippen LogP contribution in [0.15, 0.2) is 60.7 Å². The summed E-state index contributed by atoms with van der Waals surface area (Å²) in [5.41, 5.74) is 1.34. The van der Waals surface area contributed by atoms with Crippen LogP contribution in [0.25, 0.3) is 0 Å². The van der Waals surface area contributed by atoms with Gasteiger partial charge in [-0.05, 0) is 17.5 Å². The van der Waals surface area contributed by atoms with Gasteiger partial charge in [0.25, 0.3) is 0 Å². The van der Waals surface area contributed by atoms with Crippen molar-refractivity contribution in [3.8, 4) is 0 Å². The number of benzene rings is 2. The van der Waals surface area contributed by atoms with E-state index in [1.807, 2.05) is 6.07 Å². The minimum absolute atomic E-state index is 0.0114. The van der Waals surface area contributed by atoms with Crippen LogP contribution in [0.3, 0.4) is 0 Å². The van der Waals surface area contributed by atoms with E-state index in [9.17, 15) is 22.8 Å². The molecule has 1 N–H and O–H groups in total. The van der Waals surface area contributed by atoms with Crippen molar-refractivity contribution in [1.29, 1.82) is 0 Å². The van der Waals surface area contributed by atoms with Crippen molar-refractivity contribution in [3.05, 3.63) is 71.8 Å². The smallest absolute Gasteiger partial charge is 0.246 e. The number of likely N-dealkylation sites (tertiary alicyclic amines) is 1. The second-order valence-electron chi connectivity index (χ2n) is 8.40. The van der Waals surface area contributed by atoms with Crippen LogP contribution in [0.5, 0.6) is 0 Å². The molecule has 2 fully saturated rings. The maximum absolute atomic E-state index is 13.4. The molecule has 0 bridgehead atoms. The Hall–Kier alpha value is -3.04. The summed E-state index contributed by atoms with van der Waals surface area (Å²) in [5.74, 6) is -2.03. The summed E-state index contributed by atoms with van der Waals surface area (Å²) < 4.78 is 31.3. The molecule has 2 aliphatic rings. The maximum Gasteiger partial charge on any atom is 0.246 e. The fourth-order valence-corrected chi connectivity index (χ4v) is 5.94. The molecule has 0 saturated carbocycles. The quantitative estimate of drug-likeness (QED) is 0.614. The first-order chi connectivity index (χ1) is 15.8. The fourth-order valence-electron chi connectivity index (χ4n) is 4.38. The molecule has 8 nitrogen and oxygen atoms in total. The number of Topliss-reactive ketones (excluding diaryl/α,β-unsaturated/α-hetero) is 1. The lowest BCUT2D eigenvalue weighted by Crippen LogP contribution is -2.55. The number of carbonyl (C=O) groups excluding carboxylic acids is 3. The number of ketones is 1. The minimum Gasteiger partial charge on any atom is -0.368 e. The summed E-state index contributed by atoms with van der Waals surface area (Å²) in [6.45, 7) is 0.222. The van der Waals surface area contributed by atoms with E-state index >= 15 is 0 Å². The van der Waals surface area contributed by atoms with Crippen molar-refractivity contribution in [3.63, 3.8) is 0 Å². The first-order valence-electron chi connectivity index (χ1n) is 10.8. The average Bonchev–Trinajstić information content (AvgIpc) is 3.37. The highest BCUT2D eigenvalue weighted by molar-refractivity contribution is 7.90. The van der Waals surface area contributed by atoms with Crippen LogP contribution in [0.1, 0.15) is 17.5 Å². The number of sulfone groups is 1. The molecule has 174 valence electrons. The molecule has 0 aliphatic carbocycles. The number of ether oxygens (including phenoxy) is 1. The third-order valence-corrected chi connectivity index (χ3v) is 7.50. The van der Waals surface area contributed by atoms with Gasteiger partial charge in [0.05, 0.1) is 24.0 Å². The van der Waals surface area contributed by atoms with Gasteiger partial charge < -0.3 is 15.0 Å². The lowest BCUT2D eigenvalue weighted by Gasteiger charge is -2.27. The average molecular weight is 471 g/mol. The Morgan fingerprint density at radius 3 is 2.33 bits per heavy atom. The normalized spacial score (nSPS) is 21.0. The van der Waals surface area contributed by atoms with Crippen LogP contribution < -0.4 is 5.32 Å². The van der Waals surface area contributed by atoms with Gasteiger partial charge in [-0.3, -0.25) is 14.4 Å². The van der Waals surface area contributed by atoms with Gasteiger partial charge >= 0.3 is 0 Å². The number of rotatable bonds is 8. The highest BCUT2D eigenvalue weighted by Crippen LogP contribution is 2.27. The predicted molar refractivity (Wildman–Crippen MR) is 121 cm³/mol. The molecule has 0 spiro atoms. The molecule has 3 unspecified atom stereocenters. The zero-order chi connectivity index (χ0) is 23.4. The van der Waals surface area contributed by atoms with Gasteiger partial charge in [0.15, 0.2) is 15.6 Å². The van der Waals surface area contributed by atoms with E-state index in [4.69, 9.17) is 4.74 Å². The van der Waals surface area contributed by atoms with E-state index < -0.39 is 39.5 Å². The molecule has 9 heteroatoms. The zero-order valence-corrected chi connectivity index (χ0v) is 18.9. The van der Waals surface area contributed by atoms with E-state index in [1.54, 1.807) is 54.6 Å². The lowest BCUT2D eigenvalue weighted by atomic mass is 10.1. The van der Waals surface area contributed by atoms with E-state index in [0.29, 0.717) is 12.0 Å². The summed E-state index contributed by atoms with van der Waals surface area (Å²) in [6.07, 6.45) is 0.143. The van der Waals surface area contributed by atoms with Crippen LogP contribution >= 0.6 is 0 Å². The van der Waals surface area contributed by atoms with Gasteiger partial charge in [-0.25, -0.2) is 8.42 Å². The van der Waals surface area contributed by atoms with E-state index in [1.165, 1.54) is 4.90 Å². The molecule has 3 atom stereocenters. The molecule has 4 rings (SSSR count). The molecule has 2 amide bonds. The van der Waals surface area contributed by atoms with Crippen LogP contribution in [-0.4, -0.2) is 68.0 Å². The number of fused-ring (bicyclic) bond motifs is 1. The van der Waals surface area contributed by atoms with Crippen LogP contribution in [0.2, 0.25) is 0 Å². The minimum atomic E-state index is -3.74. The van der Waals surface area contributed by atoms with Gasteiger partial charge in [-0.2, -0.15) is 0 Å². The van der Waals surface area contributed by atoms with E-state index in [2.05, 4.69) is 5.32 Å². The molecule has 33 heavy (non-hydrogen) atoms. The Kier molecular flexibility index (Phi) is 6.90. The number of carbonyl (C=O) groups is 3. The summed E-state index contributed by atoms with van der Waals surface area (Å²) >= 11 is 0. The fraction of sp³-hybridized carbons (Fsp3) is 0.375. The largest absolute Gasteiger partial charge is 0.368 e. The zero-order valence-electron chi connectivity index (χ0n) is 18.1. The van der Waals surface area contributed by atoms with Crippen LogP contribution in [0.4, 0.5) is 0 Å². The molecule has 0 aromatic heterocycles. The molecule has 2 saturated heterocycles. The maximum atomic E-state index is 13.4. The van der Waals surface area contributed by atoms with Crippen LogP contribution in [-0.2, 0) is 41.1 Å². The Bertz CT molecular complexity index is 1120. The van der Waals surface area contributed by atoms with Gasteiger partial charge in [0, 0.05) is 6.54 Å². The number of hydrogen-bond acceptors (Lipinski definition) is 6. The monoisotopic (exact) mass is 470 g/mol. The SMILES string of the molecule is O=C(Cc1ccccc1)NC(CS(=O)(=O)Cc1ccccc1)C(=O)N1CCC2OCC(=O)C21. The standard InChI is InChI=1S/C24H26N2O6S/c27-20-14-32-21-11-12-26(23(20)21)24(29)19(25-22(28)13-17-7-3-1-4-8-17)16-33(30,31)15-18-9-5-2-6-10-18/h1-10,19,21,23H,11-16H2,(H,25,28). The first-order valence-corrected chi connectivity index (χ1v) is 12.7. The van der Waals surface area contributed by atoms with Gasteiger partial charge in [0.1, 0.15) is 18.7 Å². The molecule has 2 aromatic carbocycles. The highest BCUT2D eigenvalue weighted by Gasteiger charge is 2.48. The number of hydrogen-bond donors (Lipinski definition) is 1. The molecular formula is C24H26N2O6S.